The van der Waals surface area contributed by atoms with Crippen molar-refractivity contribution in [2.75, 3.05) is 6.79 Å². The fourth-order valence-electron chi connectivity index (χ4n) is 4.21. The van der Waals surface area contributed by atoms with E-state index in [4.69, 9.17) is 4.74 Å². The van der Waals surface area contributed by atoms with Gasteiger partial charge in [-0.1, -0.05) is 33.8 Å². The Morgan fingerprint density at radius 3 is 2.00 bits per heavy atom. The van der Waals surface area contributed by atoms with Gasteiger partial charge >= 0.3 is 11.9 Å². The summed E-state index contributed by atoms with van der Waals surface area (Å²) in [5.41, 5.74) is 1.43. The van der Waals surface area contributed by atoms with E-state index in [1.165, 1.54) is 12.0 Å². The van der Waals surface area contributed by atoms with E-state index in [1.54, 1.807) is 6.07 Å². The van der Waals surface area contributed by atoms with Gasteiger partial charge in [0.1, 0.15) is 0 Å². The second kappa shape index (κ2) is 7.76. The van der Waals surface area contributed by atoms with E-state index < -0.39 is 29.8 Å². The first-order chi connectivity index (χ1) is 12.3. The summed E-state index contributed by atoms with van der Waals surface area (Å²) < 4.78 is 9.67. The highest BCUT2D eigenvalue weighted by molar-refractivity contribution is 5.90. The van der Waals surface area contributed by atoms with Gasteiger partial charge in [0, 0.05) is 6.92 Å². The summed E-state index contributed by atoms with van der Waals surface area (Å²) in [4.78, 5) is 23.1. The molecule has 0 radical (unpaired) electrons. The zero-order valence-electron chi connectivity index (χ0n) is 16.3. The first kappa shape index (κ1) is 20.4. The fraction of sp³-hybridized carbons (Fsp3) is 0.600. The summed E-state index contributed by atoms with van der Waals surface area (Å²) in [6.07, 6.45) is 2.98. The number of esters is 2. The Morgan fingerprint density at radius 2 is 1.50 bits per heavy atom. The SMILES string of the molecule is CCC1(CC)c2ccc(C(=O)OCOC(C)=O)cc2C(CC)(CC)N1O. The molecule has 1 heterocycles. The van der Waals surface area contributed by atoms with Gasteiger partial charge in [-0.2, -0.15) is 5.06 Å². The van der Waals surface area contributed by atoms with Crippen LogP contribution in [0.2, 0.25) is 0 Å². The lowest BCUT2D eigenvalue weighted by Gasteiger charge is -2.42. The number of fused-ring (bicyclic) bond motifs is 1. The lowest BCUT2D eigenvalue weighted by molar-refractivity contribution is -0.241. The molecule has 1 aromatic rings. The molecule has 1 N–H and O–H groups in total. The van der Waals surface area contributed by atoms with Crippen molar-refractivity contribution in [3.05, 3.63) is 34.9 Å². The van der Waals surface area contributed by atoms with Crippen LogP contribution in [0, 0.1) is 0 Å². The summed E-state index contributed by atoms with van der Waals surface area (Å²) in [5.74, 6) is -1.06. The van der Waals surface area contributed by atoms with Crippen molar-refractivity contribution in [1.82, 2.24) is 5.06 Å². The van der Waals surface area contributed by atoms with Crippen LogP contribution in [0.1, 0.15) is 81.8 Å². The Kier molecular flexibility index (Phi) is 6.09. The van der Waals surface area contributed by atoms with Gasteiger partial charge in [0.05, 0.1) is 16.6 Å². The van der Waals surface area contributed by atoms with Gasteiger partial charge in [0.25, 0.3) is 0 Å². The van der Waals surface area contributed by atoms with Gasteiger partial charge in [-0.3, -0.25) is 4.79 Å². The van der Waals surface area contributed by atoms with Crippen LogP contribution in [0.15, 0.2) is 18.2 Å². The molecule has 6 nitrogen and oxygen atoms in total. The maximum Gasteiger partial charge on any atom is 0.341 e. The van der Waals surface area contributed by atoms with Gasteiger partial charge in [-0.25, -0.2) is 4.79 Å². The summed E-state index contributed by atoms with van der Waals surface area (Å²) >= 11 is 0. The van der Waals surface area contributed by atoms with E-state index in [2.05, 4.69) is 18.6 Å². The molecule has 0 spiro atoms. The van der Waals surface area contributed by atoms with Crippen LogP contribution in [0.4, 0.5) is 0 Å². The molecule has 0 bridgehead atoms. The fourth-order valence-corrected chi connectivity index (χ4v) is 4.21. The van der Waals surface area contributed by atoms with Crippen molar-refractivity contribution in [1.29, 1.82) is 0 Å². The maximum absolute atomic E-state index is 12.3. The molecule has 0 saturated carbocycles. The summed E-state index contributed by atoms with van der Waals surface area (Å²) in [6.45, 7) is 9.08. The number of hydrogen-bond donors (Lipinski definition) is 1. The molecule has 1 aliphatic rings. The monoisotopic (exact) mass is 363 g/mol. The van der Waals surface area contributed by atoms with Crippen LogP contribution in [0.5, 0.6) is 0 Å². The second-order valence-corrected chi connectivity index (χ2v) is 6.74. The van der Waals surface area contributed by atoms with Gasteiger partial charge in [-0.15, -0.1) is 0 Å². The molecule has 1 aliphatic heterocycles. The van der Waals surface area contributed by atoms with E-state index in [0.717, 1.165) is 36.8 Å². The van der Waals surface area contributed by atoms with Crippen molar-refractivity contribution in [2.24, 2.45) is 0 Å². The van der Waals surface area contributed by atoms with Crippen molar-refractivity contribution in [3.8, 4) is 0 Å². The van der Waals surface area contributed by atoms with Crippen LogP contribution in [-0.4, -0.2) is 29.0 Å². The third-order valence-corrected chi connectivity index (χ3v) is 5.86. The number of rotatable bonds is 7. The Labute approximate surface area is 155 Å². The Hall–Kier alpha value is -1.92. The molecule has 6 heteroatoms. The van der Waals surface area contributed by atoms with Gasteiger partial charge in [0.15, 0.2) is 0 Å². The highest BCUT2D eigenvalue weighted by atomic mass is 16.7. The minimum atomic E-state index is -0.551. The molecule has 0 aliphatic carbocycles. The number of carbonyl (C=O) groups excluding carboxylic acids is 2. The van der Waals surface area contributed by atoms with Crippen LogP contribution in [0.25, 0.3) is 0 Å². The van der Waals surface area contributed by atoms with E-state index >= 15 is 0 Å². The smallest absolute Gasteiger partial charge is 0.341 e. The Balaban J connectivity index is 2.46. The average Bonchev–Trinajstić information content (AvgIpc) is 2.85. The average molecular weight is 363 g/mol. The van der Waals surface area contributed by atoms with E-state index in [9.17, 15) is 14.8 Å². The standard InChI is InChI=1S/C20H29NO5/c1-6-19(7-2)16-11-10-15(18(23)26-13-25-14(5)22)12-17(16)20(8-3,9-4)21(19)24/h10-12,24H,6-9,13H2,1-5H3. The minimum absolute atomic E-state index is 0.388. The van der Waals surface area contributed by atoms with Crippen LogP contribution >= 0.6 is 0 Å². The first-order valence-electron chi connectivity index (χ1n) is 9.27. The number of benzene rings is 1. The molecule has 26 heavy (non-hydrogen) atoms. The van der Waals surface area contributed by atoms with Gasteiger partial charge < -0.3 is 14.7 Å². The van der Waals surface area contributed by atoms with Crippen molar-refractivity contribution in [3.63, 3.8) is 0 Å². The summed E-state index contributed by atoms with van der Waals surface area (Å²) in [6, 6.07) is 5.44. The number of carbonyl (C=O) groups is 2. The number of ether oxygens (including phenoxy) is 2. The molecule has 2 rings (SSSR count). The van der Waals surface area contributed by atoms with E-state index in [0.29, 0.717) is 5.56 Å². The normalized spacial score (nSPS) is 17.6. The third-order valence-electron chi connectivity index (χ3n) is 5.86. The molecule has 144 valence electrons. The molecule has 0 saturated heterocycles. The molecule has 0 atom stereocenters. The van der Waals surface area contributed by atoms with Gasteiger partial charge in [-0.05, 0) is 48.9 Å². The predicted molar refractivity (Wildman–Crippen MR) is 96.6 cm³/mol. The first-order valence-corrected chi connectivity index (χ1v) is 9.27. The van der Waals surface area contributed by atoms with Crippen LogP contribution in [-0.2, 0) is 25.3 Å². The van der Waals surface area contributed by atoms with Crippen molar-refractivity contribution < 1.29 is 24.3 Å². The second-order valence-electron chi connectivity index (χ2n) is 6.74. The Morgan fingerprint density at radius 1 is 0.962 bits per heavy atom. The minimum Gasteiger partial charge on any atom is -0.428 e. The molecule has 1 aromatic carbocycles. The summed E-state index contributed by atoms with van der Waals surface area (Å²) in [7, 11) is 0. The highest BCUT2D eigenvalue weighted by Crippen LogP contribution is 2.55. The number of hydroxylamine groups is 2. The number of nitrogens with zero attached hydrogens (tertiary/aromatic N) is 1. The lowest BCUT2D eigenvalue weighted by atomic mass is 9.82. The van der Waals surface area contributed by atoms with Crippen LogP contribution in [0.3, 0.4) is 0 Å². The Bertz CT molecular complexity index is 677. The zero-order chi connectivity index (χ0) is 19.5. The van der Waals surface area contributed by atoms with Gasteiger partial charge in [0.2, 0.25) is 6.79 Å². The molecular formula is C20H29NO5. The largest absolute Gasteiger partial charge is 0.428 e. The zero-order valence-corrected chi connectivity index (χ0v) is 16.3. The molecule has 0 aromatic heterocycles. The third kappa shape index (κ3) is 3.01. The highest BCUT2D eigenvalue weighted by Gasteiger charge is 2.55. The van der Waals surface area contributed by atoms with Crippen molar-refractivity contribution in [2.45, 2.75) is 71.4 Å². The van der Waals surface area contributed by atoms with E-state index in [-0.39, 0.29) is 0 Å². The molecule has 0 amide bonds. The molecule has 0 unspecified atom stereocenters. The topological polar surface area (TPSA) is 76.1 Å². The van der Waals surface area contributed by atoms with Crippen molar-refractivity contribution >= 4 is 11.9 Å². The quantitative estimate of drug-likeness (QED) is 0.581. The predicted octanol–water partition coefficient (Wildman–Crippen LogP) is 4.10. The van der Waals surface area contributed by atoms with Crippen LogP contribution < -0.4 is 0 Å². The lowest BCUT2D eigenvalue weighted by Crippen LogP contribution is -2.48. The maximum atomic E-state index is 12.3. The number of hydrogen-bond acceptors (Lipinski definition) is 6. The molecular weight excluding hydrogens is 334 g/mol. The van der Waals surface area contributed by atoms with E-state index in [1.807, 2.05) is 26.0 Å². The summed E-state index contributed by atoms with van der Waals surface area (Å²) in [5, 5.41) is 12.7. The molecule has 0 fully saturated rings.